The quantitative estimate of drug-likeness (QED) is 0.153. The van der Waals surface area contributed by atoms with Gasteiger partial charge in [-0.1, -0.05) is 164 Å². The van der Waals surface area contributed by atoms with Crippen molar-refractivity contribution in [2.75, 3.05) is 4.90 Å². The first-order valence-corrected chi connectivity index (χ1v) is 21.5. The normalized spacial score (nSPS) is 11.5. The minimum Gasteiger partial charge on any atom is -0.456 e. The van der Waals surface area contributed by atoms with Gasteiger partial charge in [0.25, 0.3) is 0 Å². The maximum Gasteiger partial charge on any atom is 0.135 e. The van der Waals surface area contributed by atoms with Gasteiger partial charge in [0.2, 0.25) is 0 Å². The number of para-hydroxylation sites is 2. The Morgan fingerprint density at radius 3 is 1.25 bits per heavy atom. The van der Waals surface area contributed by atoms with E-state index in [-0.39, 0.29) is 0 Å². The minimum absolute atomic E-state index is 0.884. The SMILES string of the molecule is c1ccc(-c2ccc(N(c3ccc(-c4ccccc4)cc3)c3cccc(-c4ccc(-c5ccc6oc7ccc(-n8c9ccccc9c9ccccc98)cc7c6c5)cc4)c3)cc2)cc1. The number of hydrogen-bond acceptors (Lipinski definition) is 2. The van der Waals surface area contributed by atoms with Crippen molar-refractivity contribution in [2.45, 2.75) is 0 Å². The number of aromatic nitrogens is 1. The Hall–Kier alpha value is -8.40. The summed E-state index contributed by atoms with van der Waals surface area (Å²) in [5, 5.41) is 4.72. The molecule has 10 aromatic carbocycles. The minimum atomic E-state index is 0.884. The predicted octanol–water partition coefficient (Wildman–Crippen LogP) is 16.8. The lowest BCUT2D eigenvalue weighted by Gasteiger charge is -2.26. The molecule has 0 bridgehead atoms. The standard InChI is InChI=1S/C60H40N2O/c1-3-12-41(13-4-1)43-26-31-49(32-27-43)61(50-33-28-44(29-34-50)42-14-5-2-6-15-42)51-17-11-16-47(38-51)45-22-24-46(25-23-45)48-30-36-59-55(39-48)56-40-52(35-37-60(56)63-59)62-57-20-9-7-18-53(57)54-19-8-10-21-58(54)62/h1-40H. The van der Waals surface area contributed by atoms with Crippen LogP contribution in [0.25, 0.3) is 93.9 Å². The van der Waals surface area contributed by atoms with E-state index in [9.17, 15) is 0 Å². The highest BCUT2D eigenvalue weighted by Crippen LogP contribution is 2.40. The molecule has 12 rings (SSSR count). The van der Waals surface area contributed by atoms with Crippen molar-refractivity contribution in [3.05, 3.63) is 243 Å². The molecule has 0 amide bonds. The lowest BCUT2D eigenvalue weighted by molar-refractivity contribution is 0.669. The first kappa shape index (κ1) is 36.5. The first-order valence-electron chi connectivity index (χ1n) is 21.5. The van der Waals surface area contributed by atoms with Crippen molar-refractivity contribution in [3.8, 4) is 50.2 Å². The van der Waals surface area contributed by atoms with Gasteiger partial charge in [-0.15, -0.1) is 0 Å². The van der Waals surface area contributed by atoms with Crippen LogP contribution in [0.3, 0.4) is 0 Å². The van der Waals surface area contributed by atoms with E-state index < -0.39 is 0 Å². The molecular formula is C60H40N2O. The fraction of sp³-hybridized carbons (Fsp3) is 0. The Morgan fingerprint density at radius 1 is 0.270 bits per heavy atom. The highest BCUT2D eigenvalue weighted by atomic mass is 16.3. The fourth-order valence-electron chi connectivity index (χ4n) is 9.28. The largest absolute Gasteiger partial charge is 0.456 e. The molecule has 0 atom stereocenters. The molecule has 0 N–H and O–H groups in total. The molecule has 296 valence electrons. The summed E-state index contributed by atoms with van der Waals surface area (Å²) in [4.78, 5) is 2.35. The number of anilines is 3. The molecular weight excluding hydrogens is 765 g/mol. The second kappa shape index (κ2) is 15.3. The molecule has 0 spiro atoms. The summed E-state index contributed by atoms with van der Waals surface area (Å²) in [7, 11) is 0. The number of hydrogen-bond donors (Lipinski definition) is 0. The molecule has 2 aromatic heterocycles. The van der Waals surface area contributed by atoms with Crippen LogP contribution in [0.5, 0.6) is 0 Å². The van der Waals surface area contributed by atoms with Gasteiger partial charge in [0.1, 0.15) is 11.2 Å². The lowest BCUT2D eigenvalue weighted by Crippen LogP contribution is -2.10. The van der Waals surface area contributed by atoms with Crippen LogP contribution in [0.4, 0.5) is 17.1 Å². The van der Waals surface area contributed by atoms with Crippen molar-refractivity contribution in [2.24, 2.45) is 0 Å². The van der Waals surface area contributed by atoms with Crippen molar-refractivity contribution < 1.29 is 4.42 Å². The molecule has 0 fully saturated rings. The van der Waals surface area contributed by atoms with Crippen LogP contribution in [0.2, 0.25) is 0 Å². The third-order valence-electron chi connectivity index (χ3n) is 12.4. The van der Waals surface area contributed by atoms with E-state index in [1.165, 1.54) is 44.1 Å². The molecule has 0 radical (unpaired) electrons. The summed E-state index contributed by atoms with van der Waals surface area (Å²) in [5.41, 5.74) is 18.0. The second-order valence-corrected chi connectivity index (χ2v) is 16.2. The van der Waals surface area contributed by atoms with Gasteiger partial charge >= 0.3 is 0 Å². The van der Waals surface area contributed by atoms with E-state index in [2.05, 4.69) is 252 Å². The van der Waals surface area contributed by atoms with Gasteiger partial charge in [-0.25, -0.2) is 0 Å². The summed E-state index contributed by atoms with van der Waals surface area (Å²) in [6, 6.07) is 87.0. The lowest BCUT2D eigenvalue weighted by atomic mass is 9.98. The van der Waals surface area contributed by atoms with Crippen LogP contribution in [0, 0.1) is 0 Å². The zero-order chi connectivity index (χ0) is 41.7. The first-order chi connectivity index (χ1) is 31.2. The number of nitrogens with zero attached hydrogens (tertiary/aromatic N) is 2. The summed E-state index contributed by atoms with van der Waals surface area (Å²) >= 11 is 0. The molecule has 0 aliphatic carbocycles. The molecule has 0 saturated carbocycles. The van der Waals surface area contributed by atoms with Crippen LogP contribution in [-0.2, 0) is 0 Å². The number of benzene rings is 10. The maximum atomic E-state index is 6.40. The number of furan rings is 1. The van der Waals surface area contributed by atoms with Crippen molar-refractivity contribution in [1.82, 2.24) is 4.57 Å². The van der Waals surface area contributed by atoms with Gasteiger partial charge in [-0.2, -0.15) is 0 Å². The molecule has 63 heavy (non-hydrogen) atoms. The van der Waals surface area contributed by atoms with E-state index >= 15 is 0 Å². The number of rotatable bonds is 8. The Labute approximate surface area is 366 Å². The molecule has 12 aromatic rings. The molecule has 0 unspecified atom stereocenters. The average molecular weight is 805 g/mol. The Bertz CT molecular complexity index is 3450. The van der Waals surface area contributed by atoms with Crippen LogP contribution in [-0.4, -0.2) is 4.57 Å². The summed E-state index contributed by atoms with van der Waals surface area (Å²) in [5.74, 6) is 0. The van der Waals surface area contributed by atoms with E-state index in [1.807, 2.05) is 0 Å². The average Bonchev–Trinajstić information content (AvgIpc) is 3.90. The van der Waals surface area contributed by atoms with Crippen molar-refractivity contribution in [1.29, 1.82) is 0 Å². The van der Waals surface area contributed by atoms with E-state index in [1.54, 1.807) is 0 Å². The predicted molar refractivity (Wildman–Crippen MR) is 264 cm³/mol. The summed E-state index contributed by atoms with van der Waals surface area (Å²) in [6.45, 7) is 0. The monoisotopic (exact) mass is 804 g/mol. The van der Waals surface area contributed by atoms with E-state index in [0.29, 0.717) is 0 Å². The number of fused-ring (bicyclic) bond motifs is 6. The molecule has 2 heterocycles. The Kier molecular flexibility index (Phi) is 8.83. The van der Waals surface area contributed by atoms with Gasteiger partial charge in [0, 0.05) is 44.3 Å². The molecule has 0 saturated heterocycles. The van der Waals surface area contributed by atoms with Crippen LogP contribution in [0.1, 0.15) is 0 Å². The maximum absolute atomic E-state index is 6.40. The third kappa shape index (κ3) is 6.55. The molecule has 3 heteroatoms. The molecule has 0 aliphatic heterocycles. The van der Waals surface area contributed by atoms with Gasteiger partial charge in [0.15, 0.2) is 0 Å². The zero-order valence-electron chi connectivity index (χ0n) is 34.4. The van der Waals surface area contributed by atoms with Crippen molar-refractivity contribution >= 4 is 60.8 Å². The zero-order valence-corrected chi connectivity index (χ0v) is 34.4. The smallest absolute Gasteiger partial charge is 0.135 e. The van der Waals surface area contributed by atoms with Gasteiger partial charge < -0.3 is 13.9 Å². The Morgan fingerprint density at radius 2 is 0.683 bits per heavy atom. The van der Waals surface area contributed by atoms with Gasteiger partial charge in [0.05, 0.1) is 11.0 Å². The molecule has 3 nitrogen and oxygen atoms in total. The molecule has 0 aliphatic rings. The van der Waals surface area contributed by atoms with Crippen LogP contribution in [0.15, 0.2) is 247 Å². The summed E-state index contributed by atoms with van der Waals surface area (Å²) < 4.78 is 8.76. The van der Waals surface area contributed by atoms with Gasteiger partial charge in [-0.05, 0) is 123 Å². The second-order valence-electron chi connectivity index (χ2n) is 16.2. The van der Waals surface area contributed by atoms with Crippen LogP contribution >= 0.6 is 0 Å². The third-order valence-corrected chi connectivity index (χ3v) is 12.4. The highest BCUT2D eigenvalue weighted by molar-refractivity contribution is 6.11. The van der Waals surface area contributed by atoms with E-state index in [0.717, 1.165) is 66.9 Å². The highest BCUT2D eigenvalue weighted by Gasteiger charge is 2.17. The Balaban J connectivity index is 0.882. The summed E-state index contributed by atoms with van der Waals surface area (Å²) in [6.07, 6.45) is 0. The topological polar surface area (TPSA) is 21.3 Å². The van der Waals surface area contributed by atoms with E-state index in [4.69, 9.17) is 4.42 Å². The van der Waals surface area contributed by atoms with Crippen molar-refractivity contribution in [3.63, 3.8) is 0 Å². The fourth-order valence-corrected chi connectivity index (χ4v) is 9.28. The van der Waals surface area contributed by atoms with Crippen LogP contribution < -0.4 is 4.90 Å². The van der Waals surface area contributed by atoms with Gasteiger partial charge in [-0.3, -0.25) is 0 Å².